The predicted octanol–water partition coefficient (Wildman–Crippen LogP) is 1.35. The van der Waals surface area contributed by atoms with E-state index in [2.05, 4.69) is 0 Å². The van der Waals surface area contributed by atoms with Gasteiger partial charge in [0.2, 0.25) is 5.78 Å². The molecule has 9 nitrogen and oxygen atoms in total. The van der Waals surface area contributed by atoms with Crippen molar-refractivity contribution in [3.8, 4) is 17.2 Å². The summed E-state index contributed by atoms with van der Waals surface area (Å²) < 4.78 is 5.20. The van der Waals surface area contributed by atoms with E-state index in [-0.39, 0.29) is 39.6 Å². The average Bonchev–Trinajstić information content (AvgIpc) is 2.69. The van der Waals surface area contributed by atoms with Crippen LogP contribution in [0.3, 0.4) is 0 Å². The Morgan fingerprint density at radius 3 is 2.35 bits per heavy atom. The van der Waals surface area contributed by atoms with Gasteiger partial charge in [0.25, 0.3) is 0 Å². The van der Waals surface area contributed by atoms with Gasteiger partial charge in [0.1, 0.15) is 34.7 Å². The van der Waals surface area contributed by atoms with E-state index in [1.807, 2.05) is 0 Å². The smallest absolute Gasteiger partial charge is 0.206 e. The fraction of sp³-hybridized carbons (Fsp3) is 0.318. The molecule has 0 saturated carbocycles. The quantitative estimate of drug-likeness (QED) is 0.445. The summed E-state index contributed by atoms with van der Waals surface area (Å²) in [7, 11) is 1.18. The van der Waals surface area contributed by atoms with E-state index < -0.39 is 57.8 Å². The van der Waals surface area contributed by atoms with Gasteiger partial charge >= 0.3 is 0 Å². The van der Waals surface area contributed by atoms with Crippen molar-refractivity contribution < 1.29 is 44.7 Å². The maximum atomic E-state index is 13.4. The zero-order valence-corrected chi connectivity index (χ0v) is 16.9. The Kier molecular flexibility index (Phi) is 4.39. The van der Waals surface area contributed by atoms with E-state index in [0.717, 1.165) is 6.92 Å². The molecule has 9 heteroatoms. The first kappa shape index (κ1) is 20.8. The van der Waals surface area contributed by atoms with E-state index in [9.17, 15) is 39.9 Å². The standard InChI is InChI=1S/C22H20O9/c1-7-12(24)6-10-4-9-5-11-19(31-3)18(27)13(8(2)23)20(28)22(11,30)21(29)15(9)17(26)14(10)16(7)25/h4,6,11,19,24-26,28,30H,5H2,1-3H3/t11-,19-,22+/m0/s1. The third kappa shape index (κ3) is 2.47. The lowest BCUT2D eigenvalue weighted by Crippen LogP contribution is -2.61. The number of rotatable bonds is 2. The van der Waals surface area contributed by atoms with Gasteiger partial charge in [0, 0.05) is 18.6 Å². The van der Waals surface area contributed by atoms with Crippen LogP contribution in [0.2, 0.25) is 0 Å². The predicted molar refractivity (Wildman–Crippen MR) is 106 cm³/mol. The average molecular weight is 428 g/mol. The number of phenols is 3. The van der Waals surface area contributed by atoms with Gasteiger partial charge in [-0.1, -0.05) is 0 Å². The van der Waals surface area contributed by atoms with Gasteiger partial charge in [-0.25, -0.2) is 0 Å². The Morgan fingerprint density at radius 1 is 1.13 bits per heavy atom. The summed E-state index contributed by atoms with van der Waals surface area (Å²) in [5.74, 6) is -6.49. The van der Waals surface area contributed by atoms with Crippen LogP contribution in [0.25, 0.3) is 10.8 Å². The molecular weight excluding hydrogens is 408 g/mol. The number of ether oxygens (including phenoxy) is 1. The van der Waals surface area contributed by atoms with Gasteiger partial charge in [-0.3, -0.25) is 14.4 Å². The monoisotopic (exact) mass is 428 g/mol. The van der Waals surface area contributed by atoms with E-state index in [1.54, 1.807) is 0 Å². The molecule has 2 aromatic carbocycles. The minimum Gasteiger partial charge on any atom is -0.508 e. The van der Waals surface area contributed by atoms with Gasteiger partial charge in [-0.15, -0.1) is 0 Å². The van der Waals surface area contributed by atoms with Crippen LogP contribution in [0.15, 0.2) is 23.5 Å². The number of benzene rings is 2. The number of hydrogen-bond acceptors (Lipinski definition) is 9. The highest BCUT2D eigenvalue weighted by Crippen LogP contribution is 2.50. The Labute approximate surface area is 175 Å². The number of methoxy groups -OCH3 is 1. The maximum absolute atomic E-state index is 13.4. The van der Waals surface area contributed by atoms with E-state index in [4.69, 9.17) is 4.74 Å². The molecule has 5 N–H and O–H groups in total. The molecule has 3 atom stereocenters. The van der Waals surface area contributed by atoms with Gasteiger partial charge in [-0.05, 0) is 43.4 Å². The molecule has 0 saturated heterocycles. The van der Waals surface area contributed by atoms with Crippen LogP contribution < -0.4 is 0 Å². The second-order valence-electron chi connectivity index (χ2n) is 7.93. The molecule has 31 heavy (non-hydrogen) atoms. The Bertz CT molecular complexity index is 1240. The molecule has 0 aliphatic heterocycles. The van der Waals surface area contributed by atoms with E-state index in [0.29, 0.717) is 0 Å². The largest absolute Gasteiger partial charge is 0.508 e. The number of ketones is 3. The van der Waals surface area contributed by atoms with Gasteiger partial charge in [0.15, 0.2) is 17.2 Å². The molecule has 0 amide bonds. The first-order valence-electron chi connectivity index (χ1n) is 9.45. The summed E-state index contributed by atoms with van der Waals surface area (Å²) in [6, 6.07) is 2.75. The number of hydrogen-bond donors (Lipinski definition) is 5. The van der Waals surface area contributed by atoms with Crippen molar-refractivity contribution in [2.75, 3.05) is 7.11 Å². The summed E-state index contributed by atoms with van der Waals surface area (Å²) in [5.41, 5.74) is -3.47. The van der Waals surface area contributed by atoms with Crippen LogP contribution in [0.5, 0.6) is 17.2 Å². The van der Waals surface area contributed by atoms with Crippen LogP contribution in [0, 0.1) is 12.8 Å². The normalized spacial score (nSPS) is 25.5. The Hall–Kier alpha value is -3.43. The minimum absolute atomic E-state index is 0.0758. The summed E-state index contributed by atoms with van der Waals surface area (Å²) in [5, 5.41) is 53.4. The second kappa shape index (κ2) is 6.53. The SMILES string of the molecule is CO[C@@H]1C(=O)C(C(C)=O)=C(O)[C@@]2(O)C(=O)c3c(cc4cc(O)c(C)c(O)c4c3O)C[C@@H]12. The number of aliphatic hydroxyl groups is 2. The lowest BCUT2D eigenvalue weighted by molar-refractivity contribution is -0.141. The van der Waals surface area contributed by atoms with Crippen LogP contribution >= 0.6 is 0 Å². The molecule has 4 rings (SSSR count). The Morgan fingerprint density at radius 2 is 1.77 bits per heavy atom. The molecule has 0 aromatic heterocycles. The van der Waals surface area contributed by atoms with Crippen molar-refractivity contribution in [2.24, 2.45) is 5.92 Å². The highest BCUT2D eigenvalue weighted by Gasteiger charge is 2.61. The lowest BCUT2D eigenvalue weighted by Gasteiger charge is -2.45. The first-order valence-corrected chi connectivity index (χ1v) is 9.45. The molecule has 0 spiro atoms. The highest BCUT2D eigenvalue weighted by atomic mass is 16.5. The molecule has 2 aliphatic rings. The summed E-state index contributed by atoms with van der Waals surface area (Å²) >= 11 is 0. The first-order chi connectivity index (χ1) is 14.5. The van der Waals surface area contributed by atoms with Crippen molar-refractivity contribution in [3.63, 3.8) is 0 Å². The summed E-state index contributed by atoms with van der Waals surface area (Å²) in [6.07, 6.45) is -1.56. The Balaban J connectivity index is 2.07. The van der Waals surface area contributed by atoms with Crippen LogP contribution in [-0.4, -0.2) is 61.7 Å². The topological polar surface area (TPSA) is 162 Å². The number of aliphatic hydroxyl groups excluding tert-OH is 1. The van der Waals surface area contributed by atoms with Crippen LogP contribution in [-0.2, 0) is 20.7 Å². The number of Topliss-reactive ketones (excluding diaryl/α,β-unsaturated/α-hetero) is 3. The van der Waals surface area contributed by atoms with Crippen LogP contribution in [0.4, 0.5) is 0 Å². The molecule has 2 aliphatic carbocycles. The number of phenolic OH excluding ortho intramolecular Hbond substituents is 3. The third-order valence-electron chi connectivity index (χ3n) is 6.31. The maximum Gasteiger partial charge on any atom is 0.206 e. The van der Waals surface area contributed by atoms with Crippen molar-refractivity contribution >= 4 is 28.1 Å². The van der Waals surface area contributed by atoms with Gasteiger partial charge in [0.05, 0.1) is 10.9 Å². The molecule has 2 aromatic rings. The number of carbonyl (C=O) groups is 3. The van der Waals surface area contributed by atoms with E-state index in [1.165, 1.54) is 26.2 Å². The third-order valence-corrected chi connectivity index (χ3v) is 6.31. The van der Waals surface area contributed by atoms with E-state index >= 15 is 0 Å². The minimum atomic E-state index is -2.69. The summed E-state index contributed by atoms with van der Waals surface area (Å²) in [4.78, 5) is 38.1. The van der Waals surface area contributed by atoms with Crippen LogP contribution in [0.1, 0.15) is 28.4 Å². The van der Waals surface area contributed by atoms with Gasteiger partial charge < -0.3 is 30.3 Å². The zero-order valence-electron chi connectivity index (χ0n) is 16.9. The number of fused-ring (bicyclic) bond motifs is 3. The van der Waals surface area contributed by atoms with Crippen molar-refractivity contribution in [3.05, 3.63) is 40.2 Å². The number of aromatic hydroxyl groups is 3. The number of carbonyl (C=O) groups excluding carboxylic acids is 3. The van der Waals surface area contributed by atoms with Crippen molar-refractivity contribution in [2.45, 2.75) is 32.0 Å². The molecule has 0 bridgehead atoms. The molecule has 0 fully saturated rings. The lowest BCUT2D eigenvalue weighted by atomic mass is 9.62. The molecule has 0 heterocycles. The van der Waals surface area contributed by atoms with Gasteiger partial charge in [-0.2, -0.15) is 0 Å². The second-order valence-corrected chi connectivity index (χ2v) is 7.93. The molecule has 0 radical (unpaired) electrons. The molecule has 162 valence electrons. The van der Waals surface area contributed by atoms with Crippen molar-refractivity contribution in [1.82, 2.24) is 0 Å². The molecular formula is C22H20O9. The summed E-state index contributed by atoms with van der Waals surface area (Å²) in [6.45, 7) is 2.43. The van der Waals surface area contributed by atoms with Crippen molar-refractivity contribution in [1.29, 1.82) is 0 Å². The highest BCUT2D eigenvalue weighted by molar-refractivity contribution is 6.25. The fourth-order valence-electron chi connectivity index (χ4n) is 4.68. The zero-order chi connectivity index (χ0) is 23.0. The molecule has 0 unspecified atom stereocenters. The fourth-order valence-corrected chi connectivity index (χ4v) is 4.68.